The lowest BCUT2D eigenvalue weighted by Gasteiger charge is -2.16. The number of aryl methyl sites for hydroxylation is 1. The van der Waals surface area contributed by atoms with Gasteiger partial charge in [0.25, 0.3) is 0 Å². The molecule has 1 atom stereocenters. The highest BCUT2D eigenvalue weighted by molar-refractivity contribution is 5.51. The van der Waals surface area contributed by atoms with Crippen molar-refractivity contribution in [2.45, 2.75) is 19.9 Å². The minimum Gasteiger partial charge on any atom is -0.369 e. The van der Waals surface area contributed by atoms with Gasteiger partial charge in [0.2, 0.25) is 0 Å². The Labute approximate surface area is 136 Å². The first kappa shape index (κ1) is 15.4. The van der Waals surface area contributed by atoms with Gasteiger partial charge in [0.15, 0.2) is 0 Å². The van der Waals surface area contributed by atoms with Crippen molar-refractivity contribution in [2.24, 2.45) is 5.92 Å². The summed E-state index contributed by atoms with van der Waals surface area (Å²) in [7, 11) is 0. The van der Waals surface area contributed by atoms with Crippen LogP contribution in [0, 0.1) is 24.2 Å². The first-order chi connectivity index (χ1) is 11.2. The molecule has 2 aromatic heterocycles. The van der Waals surface area contributed by atoms with Gasteiger partial charge in [-0.3, -0.25) is 14.9 Å². The van der Waals surface area contributed by atoms with Crippen molar-refractivity contribution in [3.05, 3.63) is 47.7 Å². The van der Waals surface area contributed by atoms with Crippen LogP contribution in [-0.4, -0.2) is 39.5 Å². The molecule has 1 fully saturated rings. The zero-order chi connectivity index (χ0) is 16.1. The van der Waals surface area contributed by atoms with Crippen LogP contribution in [0.5, 0.6) is 0 Å². The van der Waals surface area contributed by atoms with Crippen LogP contribution in [0.4, 0.5) is 5.82 Å². The molecule has 3 heterocycles. The number of nitrogens with zero attached hydrogens (tertiary/aromatic N) is 5. The molecule has 1 saturated heterocycles. The van der Waals surface area contributed by atoms with E-state index in [1.807, 2.05) is 19.3 Å². The van der Waals surface area contributed by atoms with E-state index >= 15 is 0 Å². The summed E-state index contributed by atoms with van der Waals surface area (Å²) in [5, 5.41) is 12.4. The fourth-order valence-electron chi connectivity index (χ4n) is 2.83. The molecule has 1 aliphatic heterocycles. The van der Waals surface area contributed by atoms with Crippen molar-refractivity contribution in [2.75, 3.05) is 25.0 Å². The first-order valence-electron chi connectivity index (χ1n) is 7.83. The van der Waals surface area contributed by atoms with E-state index in [-0.39, 0.29) is 0 Å². The highest BCUT2D eigenvalue weighted by Gasteiger charge is 2.23. The maximum absolute atomic E-state index is 9.08. The molecule has 0 spiro atoms. The van der Waals surface area contributed by atoms with Crippen molar-refractivity contribution < 1.29 is 0 Å². The van der Waals surface area contributed by atoms with Crippen molar-refractivity contribution in [3.8, 4) is 6.07 Å². The molecule has 0 aromatic carbocycles. The summed E-state index contributed by atoms with van der Waals surface area (Å²) in [4.78, 5) is 15.4. The van der Waals surface area contributed by atoms with Crippen LogP contribution in [-0.2, 0) is 6.54 Å². The lowest BCUT2D eigenvalue weighted by molar-refractivity contribution is 0.314. The zero-order valence-electron chi connectivity index (χ0n) is 13.2. The van der Waals surface area contributed by atoms with E-state index < -0.39 is 0 Å². The molecular weight excluding hydrogens is 288 g/mol. The Hall–Kier alpha value is -2.52. The van der Waals surface area contributed by atoms with Crippen molar-refractivity contribution in [1.29, 1.82) is 5.26 Å². The van der Waals surface area contributed by atoms with Gasteiger partial charge in [-0.25, -0.2) is 4.98 Å². The summed E-state index contributed by atoms with van der Waals surface area (Å²) >= 11 is 0. The lowest BCUT2D eigenvalue weighted by Crippen LogP contribution is -2.23. The van der Waals surface area contributed by atoms with E-state index in [1.165, 1.54) is 0 Å². The molecule has 23 heavy (non-hydrogen) atoms. The zero-order valence-corrected chi connectivity index (χ0v) is 13.2. The van der Waals surface area contributed by atoms with Crippen LogP contribution >= 0.6 is 0 Å². The monoisotopic (exact) mass is 308 g/mol. The van der Waals surface area contributed by atoms with E-state index in [2.05, 4.69) is 31.2 Å². The summed E-state index contributed by atoms with van der Waals surface area (Å²) < 4.78 is 0. The number of hydrogen-bond donors (Lipinski definition) is 1. The van der Waals surface area contributed by atoms with Crippen molar-refractivity contribution in [3.63, 3.8) is 0 Å². The summed E-state index contributed by atoms with van der Waals surface area (Å²) in [6.45, 7) is 5.71. The number of pyridine rings is 1. The molecule has 3 rings (SSSR count). The Morgan fingerprint density at radius 1 is 1.35 bits per heavy atom. The van der Waals surface area contributed by atoms with Crippen LogP contribution in [0.1, 0.15) is 23.4 Å². The summed E-state index contributed by atoms with van der Waals surface area (Å²) in [6.07, 6.45) is 6.52. The van der Waals surface area contributed by atoms with Crippen LogP contribution in [0.25, 0.3) is 0 Å². The van der Waals surface area contributed by atoms with E-state index in [4.69, 9.17) is 5.26 Å². The Kier molecular flexibility index (Phi) is 4.79. The predicted molar refractivity (Wildman–Crippen MR) is 87.6 cm³/mol. The number of likely N-dealkylation sites (tertiary alicyclic amines) is 1. The van der Waals surface area contributed by atoms with E-state index in [1.54, 1.807) is 18.3 Å². The number of nitrogens with one attached hydrogen (secondary N) is 1. The smallest absolute Gasteiger partial charge is 0.143 e. The van der Waals surface area contributed by atoms with E-state index in [0.29, 0.717) is 17.3 Å². The average molecular weight is 308 g/mol. The Morgan fingerprint density at radius 2 is 2.26 bits per heavy atom. The second kappa shape index (κ2) is 7.16. The molecule has 0 saturated carbocycles. The summed E-state index contributed by atoms with van der Waals surface area (Å²) in [5.41, 5.74) is 2.55. The molecule has 0 aliphatic carbocycles. The van der Waals surface area contributed by atoms with Gasteiger partial charge in [0.1, 0.15) is 11.9 Å². The standard InChI is InChI=1S/C17H20N6/c1-13-8-21-16(10-20-13)12-23-6-4-14(11-23)9-22-17-15(7-18)3-2-5-19-17/h2-3,5,8,10,14H,4,6,9,11-12H2,1H3,(H,19,22)/t14-/m1/s1. The van der Waals surface area contributed by atoms with Crippen LogP contribution in [0.2, 0.25) is 0 Å². The van der Waals surface area contributed by atoms with Gasteiger partial charge < -0.3 is 5.32 Å². The molecule has 1 N–H and O–H groups in total. The SMILES string of the molecule is Cc1cnc(CN2CC[C@H](CNc3ncccc3C#N)C2)cn1. The molecule has 6 heteroatoms. The van der Waals surface area contributed by atoms with Gasteiger partial charge in [-0.05, 0) is 37.9 Å². The Balaban J connectivity index is 1.50. The number of rotatable bonds is 5. The molecule has 2 aromatic rings. The number of nitriles is 1. The molecule has 6 nitrogen and oxygen atoms in total. The molecule has 1 aliphatic rings. The molecular formula is C17H20N6. The van der Waals surface area contributed by atoms with E-state index in [0.717, 1.165) is 44.0 Å². The maximum atomic E-state index is 9.08. The van der Waals surface area contributed by atoms with Crippen molar-refractivity contribution >= 4 is 5.82 Å². The molecule has 0 amide bonds. The lowest BCUT2D eigenvalue weighted by atomic mass is 10.1. The minimum absolute atomic E-state index is 0.557. The highest BCUT2D eigenvalue weighted by Crippen LogP contribution is 2.19. The second-order valence-electron chi connectivity index (χ2n) is 5.93. The van der Waals surface area contributed by atoms with Crippen molar-refractivity contribution in [1.82, 2.24) is 19.9 Å². The fourth-order valence-corrected chi connectivity index (χ4v) is 2.83. The third kappa shape index (κ3) is 4.02. The highest BCUT2D eigenvalue weighted by atomic mass is 15.2. The fraction of sp³-hybridized carbons (Fsp3) is 0.412. The largest absolute Gasteiger partial charge is 0.369 e. The Bertz CT molecular complexity index is 691. The van der Waals surface area contributed by atoms with Gasteiger partial charge in [-0.1, -0.05) is 0 Å². The summed E-state index contributed by atoms with van der Waals surface area (Å²) in [5.74, 6) is 1.24. The van der Waals surface area contributed by atoms with Gasteiger partial charge >= 0.3 is 0 Å². The normalized spacial score (nSPS) is 17.8. The topological polar surface area (TPSA) is 77.7 Å². The van der Waals surface area contributed by atoms with Gasteiger partial charge in [0, 0.05) is 38.2 Å². The Morgan fingerprint density at radius 3 is 3.04 bits per heavy atom. The third-order valence-electron chi connectivity index (χ3n) is 4.08. The van der Waals surface area contributed by atoms with Crippen LogP contribution < -0.4 is 5.32 Å². The first-order valence-corrected chi connectivity index (χ1v) is 7.83. The van der Waals surface area contributed by atoms with E-state index in [9.17, 15) is 0 Å². The van der Waals surface area contributed by atoms with Gasteiger partial charge in [-0.15, -0.1) is 0 Å². The molecule has 0 bridgehead atoms. The molecule has 118 valence electrons. The third-order valence-corrected chi connectivity index (χ3v) is 4.08. The van der Waals surface area contributed by atoms with Gasteiger partial charge in [0.05, 0.1) is 17.0 Å². The van der Waals surface area contributed by atoms with Crippen LogP contribution in [0.3, 0.4) is 0 Å². The second-order valence-corrected chi connectivity index (χ2v) is 5.93. The number of aromatic nitrogens is 3. The number of anilines is 1. The molecule has 0 radical (unpaired) electrons. The molecule has 0 unspecified atom stereocenters. The average Bonchev–Trinajstić information content (AvgIpc) is 3.03. The summed E-state index contributed by atoms with van der Waals surface area (Å²) in [6, 6.07) is 5.73. The minimum atomic E-state index is 0.557. The quantitative estimate of drug-likeness (QED) is 0.910. The maximum Gasteiger partial charge on any atom is 0.143 e. The van der Waals surface area contributed by atoms with Gasteiger partial charge in [-0.2, -0.15) is 5.26 Å². The van der Waals surface area contributed by atoms with Crippen LogP contribution in [0.15, 0.2) is 30.7 Å². The number of hydrogen-bond acceptors (Lipinski definition) is 6. The predicted octanol–water partition coefficient (Wildman–Crippen LogP) is 1.99.